The summed E-state index contributed by atoms with van der Waals surface area (Å²) >= 11 is 1.77. The van der Waals surface area contributed by atoms with Crippen LogP contribution in [0.4, 0.5) is 0 Å². The molecule has 4 heteroatoms. The van der Waals surface area contributed by atoms with Crippen molar-refractivity contribution in [2.45, 2.75) is 63.4 Å². The van der Waals surface area contributed by atoms with Gasteiger partial charge in [0.2, 0.25) is 5.91 Å². The van der Waals surface area contributed by atoms with Gasteiger partial charge in [0.1, 0.15) is 0 Å². The highest BCUT2D eigenvalue weighted by molar-refractivity contribution is 7.99. The molecule has 0 aromatic carbocycles. The number of rotatable bonds is 6. The van der Waals surface area contributed by atoms with E-state index in [0.29, 0.717) is 13.0 Å². The van der Waals surface area contributed by atoms with Gasteiger partial charge < -0.3 is 10.4 Å². The maximum atomic E-state index is 11.8. The van der Waals surface area contributed by atoms with Gasteiger partial charge in [0.15, 0.2) is 0 Å². The van der Waals surface area contributed by atoms with E-state index in [1.807, 2.05) is 0 Å². The van der Waals surface area contributed by atoms with Gasteiger partial charge in [-0.3, -0.25) is 4.79 Å². The Kier molecular flexibility index (Phi) is 6.02. The number of carbonyl (C=O) groups is 1. The SMILES string of the molecule is O=C(CCCC1CCCCC1)NCC1(O)CCSC1. The van der Waals surface area contributed by atoms with Crippen LogP contribution in [0.1, 0.15) is 57.8 Å². The Hall–Kier alpha value is -0.220. The molecule has 1 unspecified atom stereocenters. The minimum absolute atomic E-state index is 0.112. The largest absolute Gasteiger partial charge is 0.387 e. The van der Waals surface area contributed by atoms with E-state index in [-0.39, 0.29) is 5.91 Å². The molecule has 1 saturated carbocycles. The van der Waals surface area contributed by atoms with Crippen molar-refractivity contribution in [1.29, 1.82) is 0 Å². The van der Waals surface area contributed by atoms with E-state index >= 15 is 0 Å². The van der Waals surface area contributed by atoms with Gasteiger partial charge in [0, 0.05) is 18.7 Å². The highest BCUT2D eigenvalue weighted by atomic mass is 32.2. The molecule has 19 heavy (non-hydrogen) atoms. The summed E-state index contributed by atoms with van der Waals surface area (Å²) in [5, 5.41) is 13.0. The van der Waals surface area contributed by atoms with Crippen molar-refractivity contribution in [3.8, 4) is 0 Å². The van der Waals surface area contributed by atoms with E-state index in [0.717, 1.165) is 30.3 Å². The van der Waals surface area contributed by atoms with Crippen LogP contribution in [0.5, 0.6) is 0 Å². The molecule has 2 aliphatic rings. The van der Waals surface area contributed by atoms with Gasteiger partial charge in [0.05, 0.1) is 5.60 Å². The Morgan fingerprint density at radius 3 is 2.79 bits per heavy atom. The lowest BCUT2D eigenvalue weighted by atomic mass is 9.86. The van der Waals surface area contributed by atoms with Crippen molar-refractivity contribution < 1.29 is 9.90 Å². The van der Waals surface area contributed by atoms with Crippen LogP contribution in [-0.2, 0) is 4.79 Å². The smallest absolute Gasteiger partial charge is 0.220 e. The monoisotopic (exact) mass is 285 g/mol. The van der Waals surface area contributed by atoms with Crippen LogP contribution >= 0.6 is 11.8 Å². The number of carbonyl (C=O) groups excluding carboxylic acids is 1. The summed E-state index contributed by atoms with van der Waals surface area (Å²) in [5.41, 5.74) is -0.649. The third-order valence-corrected chi connectivity index (χ3v) is 5.67. The Balaban J connectivity index is 1.54. The van der Waals surface area contributed by atoms with E-state index in [1.54, 1.807) is 11.8 Å². The molecule has 0 radical (unpaired) electrons. The number of hydrogen-bond donors (Lipinski definition) is 2. The van der Waals surface area contributed by atoms with Crippen molar-refractivity contribution >= 4 is 17.7 Å². The summed E-state index contributed by atoms with van der Waals surface area (Å²) in [5.74, 6) is 2.74. The second kappa shape index (κ2) is 7.53. The second-order valence-electron chi connectivity index (χ2n) is 6.20. The molecule has 110 valence electrons. The first-order valence-electron chi connectivity index (χ1n) is 7.75. The fraction of sp³-hybridized carbons (Fsp3) is 0.933. The van der Waals surface area contributed by atoms with Gasteiger partial charge in [-0.15, -0.1) is 0 Å². The normalized spacial score (nSPS) is 28.5. The van der Waals surface area contributed by atoms with Crippen LogP contribution in [0.15, 0.2) is 0 Å². The van der Waals surface area contributed by atoms with Crippen LogP contribution in [0.25, 0.3) is 0 Å². The maximum Gasteiger partial charge on any atom is 0.220 e. The van der Waals surface area contributed by atoms with Gasteiger partial charge >= 0.3 is 0 Å². The number of amides is 1. The van der Waals surface area contributed by atoms with Gasteiger partial charge in [0.25, 0.3) is 0 Å². The quantitative estimate of drug-likeness (QED) is 0.789. The minimum Gasteiger partial charge on any atom is -0.387 e. The topological polar surface area (TPSA) is 49.3 Å². The number of nitrogens with one attached hydrogen (secondary N) is 1. The molecule has 1 saturated heterocycles. The van der Waals surface area contributed by atoms with Crippen molar-refractivity contribution in [2.24, 2.45) is 5.92 Å². The molecule has 1 atom stereocenters. The van der Waals surface area contributed by atoms with E-state index in [4.69, 9.17) is 0 Å². The van der Waals surface area contributed by atoms with Gasteiger partial charge in [-0.1, -0.05) is 32.1 Å². The van der Waals surface area contributed by atoms with Crippen molar-refractivity contribution in [2.75, 3.05) is 18.1 Å². The number of aliphatic hydroxyl groups is 1. The van der Waals surface area contributed by atoms with Crippen molar-refractivity contribution in [3.63, 3.8) is 0 Å². The lowest BCUT2D eigenvalue weighted by Crippen LogP contribution is -2.42. The Morgan fingerprint density at radius 1 is 1.32 bits per heavy atom. The molecule has 0 aromatic heterocycles. The lowest BCUT2D eigenvalue weighted by molar-refractivity contribution is -0.122. The van der Waals surface area contributed by atoms with Crippen molar-refractivity contribution in [1.82, 2.24) is 5.32 Å². The predicted molar refractivity (Wildman–Crippen MR) is 80.3 cm³/mol. The zero-order valence-corrected chi connectivity index (χ0v) is 12.6. The van der Waals surface area contributed by atoms with Gasteiger partial charge in [-0.25, -0.2) is 0 Å². The third kappa shape index (κ3) is 5.35. The van der Waals surface area contributed by atoms with Crippen molar-refractivity contribution in [3.05, 3.63) is 0 Å². The predicted octanol–water partition coefficient (Wildman–Crippen LogP) is 2.72. The lowest BCUT2D eigenvalue weighted by Gasteiger charge is -2.22. The Morgan fingerprint density at radius 2 is 2.11 bits per heavy atom. The van der Waals surface area contributed by atoms with Crippen LogP contribution < -0.4 is 5.32 Å². The molecule has 3 nitrogen and oxygen atoms in total. The summed E-state index contributed by atoms with van der Waals surface area (Å²) in [6.45, 7) is 0.433. The molecule has 0 spiro atoms. The standard InChI is InChI=1S/C15H27NO2S/c17-14(16-11-15(18)9-10-19-12-15)8-4-7-13-5-2-1-3-6-13/h13,18H,1-12H2,(H,16,17). The highest BCUT2D eigenvalue weighted by Crippen LogP contribution is 2.28. The summed E-state index contributed by atoms with van der Waals surface area (Å²) in [6, 6.07) is 0. The van der Waals surface area contributed by atoms with Gasteiger partial charge in [-0.2, -0.15) is 11.8 Å². The van der Waals surface area contributed by atoms with E-state index in [2.05, 4.69) is 5.32 Å². The van der Waals surface area contributed by atoms with E-state index in [1.165, 1.54) is 38.5 Å². The first-order valence-corrected chi connectivity index (χ1v) is 8.90. The zero-order valence-electron chi connectivity index (χ0n) is 11.8. The van der Waals surface area contributed by atoms with Crippen LogP contribution in [0.2, 0.25) is 0 Å². The first-order chi connectivity index (χ1) is 9.18. The molecular weight excluding hydrogens is 258 g/mol. The molecule has 1 heterocycles. The molecular formula is C15H27NO2S. The fourth-order valence-corrected chi connectivity index (χ4v) is 4.41. The maximum absolute atomic E-state index is 11.8. The highest BCUT2D eigenvalue weighted by Gasteiger charge is 2.31. The van der Waals surface area contributed by atoms with Gasteiger partial charge in [-0.05, 0) is 30.9 Å². The third-order valence-electron chi connectivity index (χ3n) is 4.44. The molecule has 0 bridgehead atoms. The summed E-state index contributed by atoms with van der Waals surface area (Å²) in [7, 11) is 0. The van der Waals surface area contributed by atoms with Crippen LogP contribution in [-0.4, -0.2) is 34.7 Å². The summed E-state index contributed by atoms with van der Waals surface area (Å²) < 4.78 is 0. The number of thioether (sulfide) groups is 1. The molecule has 1 aliphatic carbocycles. The number of hydrogen-bond acceptors (Lipinski definition) is 3. The second-order valence-corrected chi connectivity index (χ2v) is 7.31. The zero-order chi connectivity index (χ0) is 13.6. The van der Waals surface area contributed by atoms with E-state index in [9.17, 15) is 9.90 Å². The fourth-order valence-electron chi connectivity index (χ4n) is 3.11. The van der Waals surface area contributed by atoms with E-state index < -0.39 is 5.60 Å². The molecule has 2 rings (SSSR count). The Labute approximate surface area is 120 Å². The summed E-state index contributed by atoms with van der Waals surface area (Å²) in [4.78, 5) is 11.8. The minimum atomic E-state index is -0.649. The first kappa shape index (κ1) is 15.2. The molecule has 2 fully saturated rings. The Bertz CT molecular complexity index is 284. The van der Waals surface area contributed by atoms with Crippen LogP contribution in [0, 0.1) is 5.92 Å². The molecule has 2 N–H and O–H groups in total. The average molecular weight is 285 g/mol. The molecule has 0 aromatic rings. The van der Waals surface area contributed by atoms with Crippen LogP contribution in [0.3, 0.4) is 0 Å². The summed E-state index contributed by atoms with van der Waals surface area (Å²) in [6.07, 6.45) is 10.5. The average Bonchev–Trinajstić information content (AvgIpc) is 2.85. The molecule has 1 aliphatic heterocycles. The molecule has 1 amide bonds.